The van der Waals surface area contributed by atoms with Crippen LogP contribution in [0.15, 0.2) is 24.3 Å². The number of hydrogen-bond donors (Lipinski definition) is 3. The summed E-state index contributed by atoms with van der Waals surface area (Å²) in [6.45, 7) is 8.28. The Bertz CT molecular complexity index is 752. The number of hydrogen-bond acceptors (Lipinski definition) is 6. The highest BCUT2D eigenvalue weighted by Crippen LogP contribution is 2.19. The van der Waals surface area contributed by atoms with E-state index in [4.69, 9.17) is 9.47 Å². The number of amides is 3. The zero-order valence-electron chi connectivity index (χ0n) is 18.6. The Hall–Kier alpha value is -2.97. The molecule has 31 heavy (non-hydrogen) atoms. The van der Waals surface area contributed by atoms with E-state index in [1.54, 1.807) is 44.7 Å². The molecule has 1 aromatic rings. The van der Waals surface area contributed by atoms with E-state index in [1.807, 2.05) is 0 Å². The molecule has 0 spiro atoms. The van der Waals surface area contributed by atoms with Gasteiger partial charge in [-0.25, -0.2) is 4.79 Å². The first-order chi connectivity index (χ1) is 14.5. The van der Waals surface area contributed by atoms with Crippen molar-refractivity contribution in [3.05, 3.63) is 24.3 Å². The van der Waals surface area contributed by atoms with Gasteiger partial charge in [0.05, 0.1) is 0 Å². The average molecular weight is 436 g/mol. The van der Waals surface area contributed by atoms with E-state index in [2.05, 4.69) is 10.6 Å². The molecule has 1 aliphatic rings. The molecule has 0 bridgehead atoms. The first-order valence-electron chi connectivity index (χ1n) is 10.5. The fraction of sp³-hybridized carbons (Fsp3) is 0.591. The van der Waals surface area contributed by atoms with E-state index >= 15 is 0 Å². The summed E-state index contributed by atoms with van der Waals surface area (Å²) in [6.07, 6.45) is 0.284. The minimum atomic E-state index is -0.644. The molecule has 2 rings (SSSR count). The molecule has 1 saturated heterocycles. The summed E-state index contributed by atoms with van der Waals surface area (Å²) in [6, 6.07) is 6.22. The highest BCUT2D eigenvalue weighted by Gasteiger charge is 2.27. The van der Waals surface area contributed by atoms with Gasteiger partial charge < -0.3 is 30.1 Å². The lowest BCUT2D eigenvalue weighted by Gasteiger charge is -2.33. The van der Waals surface area contributed by atoms with Crippen LogP contribution < -0.4 is 15.4 Å². The summed E-state index contributed by atoms with van der Waals surface area (Å²) >= 11 is 0. The van der Waals surface area contributed by atoms with Gasteiger partial charge in [0.1, 0.15) is 17.1 Å². The van der Waals surface area contributed by atoms with Gasteiger partial charge >= 0.3 is 6.09 Å². The van der Waals surface area contributed by atoms with Gasteiger partial charge in [0.25, 0.3) is 5.91 Å². The van der Waals surface area contributed by atoms with Gasteiger partial charge in [-0.15, -0.1) is 0 Å². The quantitative estimate of drug-likeness (QED) is 0.604. The van der Waals surface area contributed by atoms with Crippen LogP contribution >= 0.6 is 0 Å². The molecule has 1 aliphatic heterocycles. The van der Waals surface area contributed by atoms with Crippen molar-refractivity contribution < 1.29 is 29.0 Å². The maximum absolute atomic E-state index is 12.6. The zero-order valence-corrected chi connectivity index (χ0v) is 18.6. The molecule has 172 valence electrons. The molecule has 0 aromatic heterocycles. The fourth-order valence-electron chi connectivity index (χ4n) is 3.17. The number of benzene rings is 1. The van der Waals surface area contributed by atoms with E-state index in [-0.39, 0.29) is 36.6 Å². The molecule has 9 heteroatoms. The van der Waals surface area contributed by atoms with E-state index in [9.17, 15) is 19.5 Å². The number of carbonyl (C=O) groups excluding carboxylic acids is 3. The Kier molecular flexibility index (Phi) is 8.53. The standard InChI is InChI=1S/C22H33N3O6/c1-15(30-18-7-5-17(26)6-8-18)20(28)25-13-10-16(11-14-25)24-19(27)9-12-23-21(29)31-22(2,3)4/h5-8,15-16,26H,9-14H2,1-4H3,(H,23,29)(H,24,27). The van der Waals surface area contributed by atoms with Crippen LogP contribution in [-0.4, -0.2) is 65.3 Å². The summed E-state index contributed by atoms with van der Waals surface area (Å²) in [4.78, 5) is 38.0. The fourth-order valence-corrected chi connectivity index (χ4v) is 3.17. The number of rotatable bonds is 7. The number of phenolic OH excluding ortho intramolecular Hbond substituents is 1. The Morgan fingerprint density at radius 2 is 1.77 bits per heavy atom. The highest BCUT2D eigenvalue weighted by molar-refractivity contribution is 5.81. The topological polar surface area (TPSA) is 117 Å². The van der Waals surface area contributed by atoms with Crippen molar-refractivity contribution in [2.75, 3.05) is 19.6 Å². The van der Waals surface area contributed by atoms with Crippen molar-refractivity contribution in [2.45, 2.75) is 64.7 Å². The largest absolute Gasteiger partial charge is 0.508 e. The highest BCUT2D eigenvalue weighted by atomic mass is 16.6. The van der Waals surface area contributed by atoms with Gasteiger partial charge in [0.15, 0.2) is 6.10 Å². The molecule has 3 amide bonds. The van der Waals surface area contributed by atoms with Gasteiger partial charge in [-0.1, -0.05) is 0 Å². The van der Waals surface area contributed by atoms with Gasteiger partial charge in [0, 0.05) is 32.1 Å². The number of nitrogens with one attached hydrogen (secondary N) is 2. The van der Waals surface area contributed by atoms with Crippen molar-refractivity contribution >= 4 is 17.9 Å². The first kappa shape index (κ1) is 24.3. The molecule has 1 unspecified atom stereocenters. The maximum Gasteiger partial charge on any atom is 0.407 e. The SMILES string of the molecule is CC(Oc1ccc(O)cc1)C(=O)N1CCC(NC(=O)CCNC(=O)OC(C)(C)C)CC1. The molecule has 0 aliphatic carbocycles. The molecule has 1 aromatic carbocycles. The van der Waals surface area contributed by atoms with Crippen molar-refractivity contribution in [1.29, 1.82) is 0 Å². The lowest BCUT2D eigenvalue weighted by atomic mass is 10.0. The summed E-state index contributed by atoms with van der Waals surface area (Å²) in [5.74, 6) is 0.390. The van der Waals surface area contributed by atoms with Crippen LogP contribution in [0.1, 0.15) is 47.0 Å². The second-order valence-electron chi connectivity index (χ2n) is 8.60. The van der Waals surface area contributed by atoms with E-state index in [0.717, 1.165) is 0 Å². The number of piperidine rings is 1. The summed E-state index contributed by atoms with van der Waals surface area (Å²) in [5.41, 5.74) is -0.579. The average Bonchev–Trinajstić information content (AvgIpc) is 2.68. The van der Waals surface area contributed by atoms with E-state index < -0.39 is 17.8 Å². The maximum atomic E-state index is 12.6. The number of phenols is 1. The summed E-state index contributed by atoms with van der Waals surface area (Å²) in [7, 11) is 0. The molecular weight excluding hydrogens is 402 g/mol. The van der Waals surface area contributed by atoms with Crippen LogP contribution in [0.5, 0.6) is 11.5 Å². The van der Waals surface area contributed by atoms with Crippen LogP contribution in [0.2, 0.25) is 0 Å². The van der Waals surface area contributed by atoms with Crippen LogP contribution in [0.25, 0.3) is 0 Å². The predicted octanol–water partition coefficient (Wildman–Crippen LogP) is 2.18. The van der Waals surface area contributed by atoms with Crippen LogP contribution in [0.4, 0.5) is 4.79 Å². The normalized spacial score (nSPS) is 15.7. The smallest absolute Gasteiger partial charge is 0.407 e. The summed E-state index contributed by atoms with van der Waals surface area (Å²) in [5, 5.41) is 14.8. The van der Waals surface area contributed by atoms with E-state index in [0.29, 0.717) is 31.7 Å². The first-order valence-corrected chi connectivity index (χ1v) is 10.5. The van der Waals surface area contributed by atoms with Crippen molar-refractivity contribution in [1.82, 2.24) is 15.5 Å². The predicted molar refractivity (Wildman–Crippen MR) is 115 cm³/mol. The Morgan fingerprint density at radius 1 is 1.16 bits per heavy atom. The Labute approximate surface area is 183 Å². The molecule has 1 fully saturated rings. The summed E-state index contributed by atoms with van der Waals surface area (Å²) < 4.78 is 10.8. The van der Waals surface area contributed by atoms with Gasteiger partial charge in [-0.05, 0) is 64.8 Å². The van der Waals surface area contributed by atoms with Crippen LogP contribution in [0, 0.1) is 0 Å². The monoisotopic (exact) mass is 435 g/mol. The zero-order chi connectivity index (χ0) is 23.0. The third-order valence-electron chi connectivity index (χ3n) is 4.69. The van der Waals surface area contributed by atoms with Crippen molar-refractivity contribution in [3.8, 4) is 11.5 Å². The molecule has 1 heterocycles. The van der Waals surface area contributed by atoms with E-state index in [1.165, 1.54) is 12.1 Å². The van der Waals surface area contributed by atoms with Crippen LogP contribution in [0.3, 0.4) is 0 Å². The molecule has 0 radical (unpaired) electrons. The minimum absolute atomic E-state index is 0.00796. The molecule has 3 N–H and O–H groups in total. The van der Waals surface area contributed by atoms with Gasteiger partial charge in [0.2, 0.25) is 5.91 Å². The molecule has 0 saturated carbocycles. The molecular formula is C22H33N3O6. The van der Waals surface area contributed by atoms with Crippen LogP contribution in [-0.2, 0) is 14.3 Å². The lowest BCUT2D eigenvalue weighted by Crippen LogP contribution is -2.49. The third-order valence-corrected chi connectivity index (χ3v) is 4.69. The number of nitrogens with zero attached hydrogens (tertiary/aromatic N) is 1. The number of carbonyl (C=O) groups is 3. The molecule has 9 nitrogen and oxygen atoms in total. The number of ether oxygens (including phenoxy) is 2. The van der Waals surface area contributed by atoms with Gasteiger partial charge in [-0.2, -0.15) is 0 Å². The van der Waals surface area contributed by atoms with Crippen molar-refractivity contribution in [3.63, 3.8) is 0 Å². The van der Waals surface area contributed by atoms with Gasteiger partial charge in [-0.3, -0.25) is 9.59 Å². The number of likely N-dealkylation sites (tertiary alicyclic amines) is 1. The minimum Gasteiger partial charge on any atom is -0.508 e. The number of alkyl carbamates (subject to hydrolysis) is 1. The Morgan fingerprint density at radius 3 is 2.35 bits per heavy atom. The second kappa shape index (κ2) is 10.9. The van der Waals surface area contributed by atoms with Crippen molar-refractivity contribution in [2.24, 2.45) is 0 Å². The Balaban J connectivity index is 1.67. The molecule has 1 atom stereocenters. The third kappa shape index (κ3) is 8.74. The lowest BCUT2D eigenvalue weighted by molar-refractivity contribution is -0.139. The second-order valence-corrected chi connectivity index (χ2v) is 8.60. The number of aromatic hydroxyl groups is 1.